The zero-order valence-corrected chi connectivity index (χ0v) is 12.2. The molecule has 1 fully saturated rings. The molecule has 3 nitrogen and oxygen atoms in total. The molecule has 0 radical (unpaired) electrons. The molecule has 0 spiro atoms. The molecular formula is C12H15BrFNO2S. The van der Waals surface area contributed by atoms with E-state index >= 15 is 0 Å². The average Bonchev–Trinajstić information content (AvgIpc) is 2.57. The molecule has 0 saturated carbocycles. The molecule has 1 aliphatic rings. The van der Waals surface area contributed by atoms with E-state index in [2.05, 4.69) is 21.2 Å². The number of benzene rings is 1. The highest BCUT2D eigenvalue weighted by Crippen LogP contribution is 2.18. The van der Waals surface area contributed by atoms with Crippen LogP contribution in [0.25, 0.3) is 0 Å². The van der Waals surface area contributed by atoms with Crippen molar-refractivity contribution in [3.8, 4) is 0 Å². The number of halogens is 2. The summed E-state index contributed by atoms with van der Waals surface area (Å²) in [5.74, 6) is 0.481. The Kier molecular flexibility index (Phi) is 4.40. The maximum Gasteiger partial charge on any atom is 0.150 e. The molecule has 1 aromatic carbocycles. The molecule has 0 aliphatic carbocycles. The Balaban J connectivity index is 1.82. The van der Waals surface area contributed by atoms with Gasteiger partial charge in [-0.1, -0.05) is 15.9 Å². The van der Waals surface area contributed by atoms with E-state index in [0.717, 1.165) is 12.0 Å². The van der Waals surface area contributed by atoms with Gasteiger partial charge in [0.25, 0.3) is 0 Å². The molecule has 1 N–H and O–H groups in total. The van der Waals surface area contributed by atoms with E-state index < -0.39 is 9.84 Å². The Labute approximate surface area is 115 Å². The third-order valence-corrected chi connectivity index (χ3v) is 5.31. The normalized spacial score (nSPS) is 22.2. The quantitative estimate of drug-likeness (QED) is 0.916. The summed E-state index contributed by atoms with van der Waals surface area (Å²) in [5.41, 5.74) is 0.850. The smallest absolute Gasteiger partial charge is 0.150 e. The van der Waals surface area contributed by atoms with Crippen LogP contribution in [0, 0.1) is 11.7 Å². The van der Waals surface area contributed by atoms with Crippen molar-refractivity contribution in [2.45, 2.75) is 13.0 Å². The van der Waals surface area contributed by atoms with Crippen molar-refractivity contribution in [2.75, 3.05) is 18.1 Å². The summed E-state index contributed by atoms with van der Waals surface area (Å²) in [6, 6.07) is 4.73. The van der Waals surface area contributed by atoms with E-state index in [1.807, 2.05) is 6.07 Å². The first-order valence-electron chi connectivity index (χ1n) is 5.81. The Bertz CT molecular complexity index is 513. The molecule has 2 rings (SSSR count). The second-order valence-electron chi connectivity index (χ2n) is 4.68. The summed E-state index contributed by atoms with van der Waals surface area (Å²) in [6.07, 6.45) is 0.724. The first-order valence-corrected chi connectivity index (χ1v) is 8.42. The monoisotopic (exact) mass is 335 g/mol. The van der Waals surface area contributed by atoms with E-state index in [4.69, 9.17) is 0 Å². The van der Waals surface area contributed by atoms with Crippen LogP contribution in [-0.4, -0.2) is 26.5 Å². The van der Waals surface area contributed by atoms with Crippen LogP contribution in [0.2, 0.25) is 0 Å². The minimum atomic E-state index is -2.81. The molecular weight excluding hydrogens is 321 g/mol. The van der Waals surface area contributed by atoms with Crippen LogP contribution in [0.3, 0.4) is 0 Å². The second kappa shape index (κ2) is 5.67. The second-order valence-corrected chi connectivity index (χ2v) is 7.82. The van der Waals surface area contributed by atoms with Gasteiger partial charge in [0.05, 0.1) is 11.5 Å². The molecule has 100 valence electrons. The molecule has 1 aromatic rings. The fourth-order valence-corrected chi connectivity index (χ4v) is 4.54. The van der Waals surface area contributed by atoms with Crippen molar-refractivity contribution >= 4 is 25.8 Å². The number of hydrogen-bond donors (Lipinski definition) is 1. The highest BCUT2D eigenvalue weighted by atomic mass is 79.9. The van der Waals surface area contributed by atoms with Gasteiger partial charge in [-0.3, -0.25) is 0 Å². The average molecular weight is 336 g/mol. The van der Waals surface area contributed by atoms with Crippen LogP contribution in [-0.2, 0) is 16.4 Å². The van der Waals surface area contributed by atoms with Crippen LogP contribution in [0.15, 0.2) is 22.7 Å². The van der Waals surface area contributed by atoms with Gasteiger partial charge in [0.15, 0.2) is 9.84 Å². The van der Waals surface area contributed by atoms with Crippen molar-refractivity contribution in [3.63, 3.8) is 0 Å². The van der Waals surface area contributed by atoms with Crippen LogP contribution >= 0.6 is 15.9 Å². The molecule has 0 bridgehead atoms. The van der Waals surface area contributed by atoms with Crippen molar-refractivity contribution in [2.24, 2.45) is 5.92 Å². The van der Waals surface area contributed by atoms with Crippen molar-refractivity contribution in [1.82, 2.24) is 5.32 Å². The molecule has 0 aromatic heterocycles. The van der Waals surface area contributed by atoms with Gasteiger partial charge in [0, 0.05) is 11.0 Å². The third kappa shape index (κ3) is 4.03. The van der Waals surface area contributed by atoms with Gasteiger partial charge in [-0.05, 0) is 42.6 Å². The van der Waals surface area contributed by atoms with Gasteiger partial charge in [-0.15, -0.1) is 0 Å². The topological polar surface area (TPSA) is 46.2 Å². The number of sulfone groups is 1. The Morgan fingerprint density at radius 1 is 1.39 bits per heavy atom. The zero-order chi connectivity index (χ0) is 13.2. The fraction of sp³-hybridized carbons (Fsp3) is 0.500. The summed E-state index contributed by atoms with van der Waals surface area (Å²) >= 11 is 3.24. The van der Waals surface area contributed by atoms with E-state index in [9.17, 15) is 12.8 Å². The summed E-state index contributed by atoms with van der Waals surface area (Å²) < 4.78 is 36.4. The summed E-state index contributed by atoms with van der Waals surface area (Å²) in [5, 5.41) is 3.18. The highest BCUT2D eigenvalue weighted by Gasteiger charge is 2.27. The summed E-state index contributed by atoms with van der Waals surface area (Å²) in [6.45, 7) is 1.21. The largest absolute Gasteiger partial charge is 0.312 e. The number of hydrogen-bond acceptors (Lipinski definition) is 3. The lowest BCUT2D eigenvalue weighted by atomic mass is 10.1. The molecule has 1 aliphatic heterocycles. The van der Waals surface area contributed by atoms with Gasteiger partial charge >= 0.3 is 0 Å². The minimum Gasteiger partial charge on any atom is -0.312 e. The lowest BCUT2D eigenvalue weighted by molar-refractivity contribution is 0.519. The summed E-state index contributed by atoms with van der Waals surface area (Å²) in [4.78, 5) is 0. The van der Waals surface area contributed by atoms with Crippen molar-refractivity contribution < 1.29 is 12.8 Å². The SMILES string of the molecule is O=S1(=O)CCC(CNCc2cc(F)cc(Br)c2)C1. The van der Waals surface area contributed by atoms with E-state index in [1.165, 1.54) is 12.1 Å². The van der Waals surface area contributed by atoms with Crippen LogP contribution < -0.4 is 5.32 Å². The van der Waals surface area contributed by atoms with E-state index in [-0.39, 0.29) is 17.5 Å². The van der Waals surface area contributed by atoms with Crippen molar-refractivity contribution in [1.29, 1.82) is 0 Å². The van der Waals surface area contributed by atoms with Crippen molar-refractivity contribution in [3.05, 3.63) is 34.1 Å². The predicted octanol–water partition coefficient (Wildman–Crippen LogP) is 2.11. The van der Waals surface area contributed by atoms with Gasteiger partial charge in [0.1, 0.15) is 5.82 Å². The standard InChI is InChI=1S/C12H15BrFNO2S/c13-11-3-10(4-12(14)5-11)7-15-6-9-1-2-18(16,17)8-9/h3-5,9,15H,1-2,6-8H2. The van der Waals surface area contributed by atoms with Crippen LogP contribution in [0.5, 0.6) is 0 Å². The van der Waals surface area contributed by atoms with Gasteiger partial charge < -0.3 is 5.32 Å². The predicted molar refractivity (Wildman–Crippen MR) is 72.6 cm³/mol. The van der Waals surface area contributed by atoms with Gasteiger partial charge in [-0.25, -0.2) is 12.8 Å². The molecule has 1 atom stereocenters. The van der Waals surface area contributed by atoms with Gasteiger partial charge in [0.2, 0.25) is 0 Å². The van der Waals surface area contributed by atoms with Gasteiger partial charge in [-0.2, -0.15) is 0 Å². The molecule has 1 saturated heterocycles. The maximum atomic E-state index is 13.1. The Morgan fingerprint density at radius 3 is 2.78 bits per heavy atom. The maximum absolute atomic E-state index is 13.1. The Morgan fingerprint density at radius 2 is 2.17 bits per heavy atom. The Hall–Kier alpha value is -0.460. The fourth-order valence-electron chi connectivity index (χ4n) is 2.17. The molecule has 1 unspecified atom stereocenters. The minimum absolute atomic E-state index is 0.187. The van der Waals surface area contributed by atoms with E-state index in [1.54, 1.807) is 0 Å². The lowest BCUT2D eigenvalue weighted by Crippen LogP contribution is -2.23. The number of rotatable bonds is 4. The highest BCUT2D eigenvalue weighted by molar-refractivity contribution is 9.10. The van der Waals surface area contributed by atoms with Crippen LogP contribution in [0.1, 0.15) is 12.0 Å². The van der Waals surface area contributed by atoms with E-state index in [0.29, 0.717) is 23.3 Å². The molecule has 0 amide bonds. The molecule has 18 heavy (non-hydrogen) atoms. The van der Waals surface area contributed by atoms with Crippen LogP contribution in [0.4, 0.5) is 4.39 Å². The first-order chi connectivity index (χ1) is 8.44. The first kappa shape index (κ1) is 14.0. The zero-order valence-electron chi connectivity index (χ0n) is 9.83. The number of nitrogens with one attached hydrogen (secondary N) is 1. The third-order valence-electron chi connectivity index (χ3n) is 3.01. The molecule has 1 heterocycles. The molecule has 6 heteroatoms. The summed E-state index contributed by atoms with van der Waals surface area (Å²) in [7, 11) is -2.81. The lowest BCUT2D eigenvalue weighted by Gasteiger charge is -2.09.